The molecule has 118 valence electrons. The maximum atomic E-state index is 12.6. The largest absolute Gasteiger partial charge is 0.352 e. The summed E-state index contributed by atoms with van der Waals surface area (Å²) in [5, 5.41) is 4.59. The van der Waals surface area contributed by atoms with Crippen LogP contribution in [0, 0.1) is 5.92 Å². The van der Waals surface area contributed by atoms with Gasteiger partial charge < -0.3 is 16.0 Å². The lowest BCUT2D eigenvalue weighted by Crippen LogP contribution is -2.63. The Morgan fingerprint density at radius 3 is 2.52 bits per heavy atom. The number of nitrogens with one attached hydrogen (secondary N) is 2. The SMILES string of the molecule is CCC1C(=O)NC(=O)CN1C(=O)C(CC(C)C)NC(N)=O. The van der Waals surface area contributed by atoms with Crippen molar-refractivity contribution in [2.24, 2.45) is 11.7 Å². The van der Waals surface area contributed by atoms with Gasteiger partial charge in [0, 0.05) is 0 Å². The Morgan fingerprint density at radius 1 is 1.43 bits per heavy atom. The summed E-state index contributed by atoms with van der Waals surface area (Å²) in [5.41, 5.74) is 5.09. The number of piperazine rings is 1. The van der Waals surface area contributed by atoms with E-state index in [4.69, 9.17) is 5.73 Å². The Kier molecular flexibility index (Phi) is 5.69. The van der Waals surface area contributed by atoms with Gasteiger partial charge in [0.25, 0.3) is 0 Å². The fraction of sp³-hybridized carbons (Fsp3) is 0.692. The first-order valence-corrected chi connectivity index (χ1v) is 6.96. The van der Waals surface area contributed by atoms with Crippen molar-refractivity contribution >= 4 is 23.8 Å². The van der Waals surface area contributed by atoms with E-state index >= 15 is 0 Å². The van der Waals surface area contributed by atoms with Crippen LogP contribution >= 0.6 is 0 Å². The molecule has 0 saturated carbocycles. The number of hydrogen-bond donors (Lipinski definition) is 3. The standard InChI is InChI=1S/C13H22N4O4/c1-4-9-11(19)16-10(18)6-17(9)12(20)8(5-7(2)3)15-13(14)21/h7-9H,4-6H2,1-3H3,(H3,14,15,21)(H,16,18,19). The Balaban J connectivity index is 2.95. The first kappa shape index (κ1) is 16.9. The van der Waals surface area contributed by atoms with Gasteiger partial charge in [-0.05, 0) is 18.8 Å². The van der Waals surface area contributed by atoms with Crippen molar-refractivity contribution in [3.63, 3.8) is 0 Å². The van der Waals surface area contributed by atoms with Crippen LogP contribution in [-0.4, -0.2) is 47.3 Å². The van der Waals surface area contributed by atoms with Crippen LogP contribution in [0.1, 0.15) is 33.6 Å². The fourth-order valence-electron chi connectivity index (χ4n) is 2.37. The number of urea groups is 1. The molecule has 5 amide bonds. The summed E-state index contributed by atoms with van der Waals surface area (Å²) in [6, 6.07) is -2.36. The van der Waals surface area contributed by atoms with Crippen molar-refractivity contribution in [3.05, 3.63) is 0 Å². The van der Waals surface area contributed by atoms with Gasteiger partial charge >= 0.3 is 6.03 Å². The first-order chi connectivity index (χ1) is 9.76. The Hall–Kier alpha value is -2.12. The zero-order valence-corrected chi connectivity index (χ0v) is 12.5. The number of carbonyl (C=O) groups excluding carboxylic acids is 4. The van der Waals surface area contributed by atoms with Crippen molar-refractivity contribution in [2.75, 3.05) is 6.54 Å². The number of hydrogen-bond acceptors (Lipinski definition) is 4. The van der Waals surface area contributed by atoms with E-state index in [9.17, 15) is 19.2 Å². The topological polar surface area (TPSA) is 122 Å². The molecular formula is C13H22N4O4. The van der Waals surface area contributed by atoms with Crippen LogP contribution in [-0.2, 0) is 14.4 Å². The second-order valence-electron chi connectivity index (χ2n) is 5.49. The van der Waals surface area contributed by atoms with E-state index in [-0.39, 0.29) is 12.5 Å². The molecule has 1 rings (SSSR count). The van der Waals surface area contributed by atoms with E-state index < -0.39 is 35.8 Å². The molecule has 1 aliphatic heterocycles. The van der Waals surface area contributed by atoms with Crippen LogP contribution in [0.2, 0.25) is 0 Å². The summed E-state index contributed by atoms with van der Waals surface area (Å²) in [5.74, 6) is -1.34. The molecule has 1 saturated heterocycles. The summed E-state index contributed by atoms with van der Waals surface area (Å²) in [7, 11) is 0. The molecule has 4 N–H and O–H groups in total. The number of nitrogens with zero attached hydrogens (tertiary/aromatic N) is 1. The molecule has 1 fully saturated rings. The quantitative estimate of drug-likeness (QED) is 0.583. The van der Waals surface area contributed by atoms with Gasteiger partial charge in [0.2, 0.25) is 17.7 Å². The molecule has 0 bridgehead atoms. The van der Waals surface area contributed by atoms with E-state index in [2.05, 4.69) is 10.6 Å². The highest BCUT2D eigenvalue weighted by molar-refractivity contribution is 6.05. The normalized spacial score (nSPS) is 20.2. The lowest BCUT2D eigenvalue weighted by atomic mass is 10.0. The minimum Gasteiger partial charge on any atom is -0.352 e. The molecule has 0 radical (unpaired) electrons. The third-order valence-electron chi connectivity index (χ3n) is 3.25. The monoisotopic (exact) mass is 298 g/mol. The van der Waals surface area contributed by atoms with Gasteiger partial charge in [-0.1, -0.05) is 20.8 Å². The van der Waals surface area contributed by atoms with Gasteiger partial charge in [0.15, 0.2) is 0 Å². The molecule has 0 aromatic carbocycles. The smallest absolute Gasteiger partial charge is 0.312 e. The summed E-state index contributed by atoms with van der Waals surface area (Å²) >= 11 is 0. The summed E-state index contributed by atoms with van der Waals surface area (Å²) < 4.78 is 0. The lowest BCUT2D eigenvalue weighted by Gasteiger charge is -2.36. The van der Waals surface area contributed by atoms with Gasteiger partial charge in [-0.15, -0.1) is 0 Å². The van der Waals surface area contributed by atoms with Gasteiger partial charge in [-0.2, -0.15) is 0 Å². The number of rotatable bonds is 5. The predicted octanol–water partition coefficient (Wildman–Crippen LogP) is -0.667. The van der Waals surface area contributed by atoms with Crippen molar-refractivity contribution in [1.29, 1.82) is 0 Å². The maximum absolute atomic E-state index is 12.6. The van der Waals surface area contributed by atoms with Crippen molar-refractivity contribution in [2.45, 2.75) is 45.7 Å². The number of primary amides is 1. The zero-order valence-electron chi connectivity index (χ0n) is 12.5. The molecule has 0 aromatic heterocycles. The Bertz CT molecular complexity index is 449. The summed E-state index contributed by atoms with van der Waals surface area (Å²) in [4.78, 5) is 48.1. The highest BCUT2D eigenvalue weighted by atomic mass is 16.2. The molecule has 8 nitrogen and oxygen atoms in total. The second-order valence-corrected chi connectivity index (χ2v) is 5.49. The van der Waals surface area contributed by atoms with Crippen LogP contribution in [0.4, 0.5) is 4.79 Å². The minimum atomic E-state index is -0.838. The highest BCUT2D eigenvalue weighted by Gasteiger charge is 2.38. The second kappa shape index (κ2) is 7.05. The van der Waals surface area contributed by atoms with E-state index in [1.54, 1.807) is 6.92 Å². The highest BCUT2D eigenvalue weighted by Crippen LogP contribution is 2.14. The molecular weight excluding hydrogens is 276 g/mol. The average molecular weight is 298 g/mol. The van der Waals surface area contributed by atoms with Crippen molar-refractivity contribution < 1.29 is 19.2 Å². The number of carbonyl (C=O) groups is 4. The molecule has 0 aliphatic carbocycles. The average Bonchev–Trinajstić information content (AvgIpc) is 2.35. The summed E-state index contributed by atoms with van der Waals surface area (Å²) in [6.45, 7) is 5.35. The molecule has 21 heavy (non-hydrogen) atoms. The third-order valence-corrected chi connectivity index (χ3v) is 3.25. The molecule has 1 aliphatic rings. The Morgan fingerprint density at radius 2 is 2.05 bits per heavy atom. The predicted molar refractivity (Wildman–Crippen MR) is 74.9 cm³/mol. The van der Waals surface area contributed by atoms with E-state index in [0.29, 0.717) is 12.8 Å². The van der Waals surface area contributed by atoms with E-state index in [1.807, 2.05) is 13.8 Å². The van der Waals surface area contributed by atoms with Gasteiger partial charge in [-0.3, -0.25) is 19.7 Å². The number of imide groups is 1. The van der Waals surface area contributed by atoms with Crippen molar-refractivity contribution in [1.82, 2.24) is 15.5 Å². The van der Waals surface area contributed by atoms with Crippen LogP contribution < -0.4 is 16.4 Å². The fourth-order valence-corrected chi connectivity index (χ4v) is 2.37. The van der Waals surface area contributed by atoms with Crippen LogP contribution in [0.3, 0.4) is 0 Å². The first-order valence-electron chi connectivity index (χ1n) is 6.96. The minimum absolute atomic E-state index is 0.139. The third kappa shape index (κ3) is 4.44. The van der Waals surface area contributed by atoms with Gasteiger partial charge in [0.1, 0.15) is 18.6 Å². The molecule has 0 aromatic rings. The van der Waals surface area contributed by atoms with E-state index in [0.717, 1.165) is 0 Å². The van der Waals surface area contributed by atoms with Crippen LogP contribution in [0.5, 0.6) is 0 Å². The molecule has 1 heterocycles. The number of nitrogens with two attached hydrogens (primary N) is 1. The van der Waals surface area contributed by atoms with Crippen LogP contribution in [0.25, 0.3) is 0 Å². The lowest BCUT2D eigenvalue weighted by molar-refractivity contribution is -0.151. The summed E-state index contributed by atoms with van der Waals surface area (Å²) in [6.07, 6.45) is 0.764. The van der Waals surface area contributed by atoms with Crippen LogP contribution in [0.15, 0.2) is 0 Å². The number of amides is 5. The van der Waals surface area contributed by atoms with E-state index in [1.165, 1.54) is 4.90 Å². The maximum Gasteiger partial charge on any atom is 0.312 e. The molecule has 2 unspecified atom stereocenters. The van der Waals surface area contributed by atoms with Gasteiger partial charge in [-0.25, -0.2) is 4.79 Å². The van der Waals surface area contributed by atoms with Gasteiger partial charge in [0.05, 0.1) is 0 Å². The molecule has 8 heteroatoms. The zero-order chi connectivity index (χ0) is 16.2. The van der Waals surface area contributed by atoms with Crippen molar-refractivity contribution in [3.8, 4) is 0 Å². The molecule has 0 spiro atoms. The Labute approximate surface area is 123 Å². The molecule has 2 atom stereocenters.